The lowest BCUT2D eigenvalue weighted by Crippen LogP contribution is -2.09. The zero-order valence-electron chi connectivity index (χ0n) is 17.6. The number of hydrogen-bond donors (Lipinski definition) is 0. The molecule has 0 bridgehead atoms. The van der Waals surface area contributed by atoms with Gasteiger partial charge < -0.3 is 14.2 Å². The molecule has 156 valence electrons. The van der Waals surface area contributed by atoms with Gasteiger partial charge in [0.15, 0.2) is 0 Å². The van der Waals surface area contributed by atoms with Gasteiger partial charge >= 0.3 is 5.97 Å². The minimum absolute atomic E-state index is 0.0938. The van der Waals surface area contributed by atoms with E-state index < -0.39 is 0 Å². The van der Waals surface area contributed by atoms with Gasteiger partial charge in [-0.15, -0.1) is 0 Å². The molecule has 0 N–H and O–H groups in total. The molecule has 0 aliphatic heterocycles. The van der Waals surface area contributed by atoms with E-state index in [0.717, 1.165) is 25.9 Å². The predicted molar refractivity (Wildman–Crippen MR) is 109 cm³/mol. The first-order valence-electron chi connectivity index (χ1n) is 11.1. The van der Waals surface area contributed by atoms with E-state index in [1.54, 1.807) is 0 Å². The molecule has 0 aromatic heterocycles. The maximum absolute atomic E-state index is 11.6. The monoisotopic (exact) mass is 372 g/mol. The molecule has 26 heavy (non-hydrogen) atoms. The van der Waals surface area contributed by atoms with E-state index in [1.807, 2.05) is 0 Å². The van der Waals surface area contributed by atoms with E-state index in [2.05, 4.69) is 13.8 Å². The molecule has 0 radical (unpaired) electrons. The normalized spacial score (nSPS) is 11.0. The maximum Gasteiger partial charge on any atom is 0.305 e. The molecule has 0 fully saturated rings. The number of hydrogen-bond acceptors (Lipinski definition) is 4. The first kappa shape index (κ1) is 25.4. The lowest BCUT2D eigenvalue weighted by molar-refractivity contribution is -0.144. The van der Waals surface area contributed by atoms with Gasteiger partial charge in [0.05, 0.1) is 19.8 Å². The summed E-state index contributed by atoms with van der Waals surface area (Å²) in [6.07, 6.45) is 16.2. The van der Waals surface area contributed by atoms with Gasteiger partial charge in [-0.05, 0) is 19.3 Å². The van der Waals surface area contributed by atoms with Crippen molar-refractivity contribution < 1.29 is 19.0 Å². The molecular weight excluding hydrogens is 328 g/mol. The van der Waals surface area contributed by atoms with Crippen molar-refractivity contribution in [1.29, 1.82) is 0 Å². The summed E-state index contributed by atoms with van der Waals surface area (Å²) in [5.74, 6) is -0.0938. The number of carbonyl (C=O) groups excluding carboxylic acids is 1. The van der Waals surface area contributed by atoms with E-state index in [0.29, 0.717) is 32.8 Å². The van der Waals surface area contributed by atoms with Crippen molar-refractivity contribution in [3.8, 4) is 0 Å². The second-order valence-corrected chi connectivity index (χ2v) is 7.08. The molecule has 0 saturated heterocycles. The molecule has 0 aliphatic carbocycles. The van der Waals surface area contributed by atoms with Crippen LogP contribution >= 0.6 is 0 Å². The van der Waals surface area contributed by atoms with Gasteiger partial charge in [-0.25, -0.2) is 0 Å². The van der Waals surface area contributed by atoms with Crippen molar-refractivity contribution in [2.24, 2.45) is 0 Å². The van der Waals surface area contributed by atoms with Crippen LogP contribution in [-0.2, 0) is 19.0 Å². The van der Waals surface area contributed by atoms with Gasteiger partial charge in [-0.1, -0.05) is 78.1 Å². The molecule has 0 unspecified atom stereocenters. The van der Waals surface area contributed by atoms with E-state index in [9.17, 15) is 4.79 Å². The summed E-state index contributed by atoms with van der Waals surface area (Å²) >= 11 is 0. The minimum atomic E-state index is -0.0938. The standard InChI is InChI=1S/C22H44O4/c1-3-5-7-9-10-11-12-14-19-26-22(23)16-15-18-25-21-20-24-17-13-8-6-4-2/h3-21H2,1-2H3. The van der Waals surface area contributed by atoms with Crippen molar-refractivity contribution in [2.75, 3.05) is 33.0 Å². The summed E-state index contributed by atoms with van der Waals surface area (Å²) in [5, 5.41) is 0. The number of unbranched alkanes of at least 4 members (excludes halogenated alkanes) is 10. The van der Waals surface area contributed by atoms with Crippen LogP contribution in [-0.4, -0.2) is 39.0 Å². The topological polar surface area (TPSA) is 44.8 Å². The van der Waals surface area contributed by atoms with Crippen molar-refractivity contribution in [1.82, 2.24) is 0 Å². The van der Waals surface area contributed by atoms with Crippen LogP contribution in [0.2, 0.25) is 0 Å². The third-order valence-corrected chi connectivity index (χ3v) is 4.44. The van der Waals surface area contributed by atoms with Crippen LogP contribution in [0.4, 0.5) is 0 Å². The second-order valence-electron chi connectivity index (χ2n) is 7.08. The van der Waals surface area contributed by atoms with Gasteiger partial charge in [0.1, 0.15) is 0 Å². The minimum Gasteiger partial charge on any atom is -0.466 e. The number of esters is 1. The molecule has 0 aromatic carbocycles. The molecule has 0 rings (SSSR count). The van der Waals surface area contributed by atoms with Crippen molar-refractivity contribution in [2.45, 2.75) is 104 Å². The van der Waals surface area contributed by atoms with Crippen molar-refractivity contribution >= 4 is 5.97 Å². The Balaban J connectivity index is 3.13. The Hall–Kier alpha value is -0.610. The zero-order valence-corrected chi connectivity index (χ0v) is 17.6. The third kappa shape index (κ3) is 21.4. The first-order chi connectivity index (χ1) is 12.8. The lowest BCUT2D eigenvalue weighted by atomic mass is 10.1. The van der Waals surface area contributed by atoms with E-state index in [-0.39, 0.29) is 5.97 Å². The molecule has 0 spiro atoms. The fraction of sp³-hybridized carbons (Fsp3) is 0.955. The predicted octanol–water partition coefficient (Wildman–Crippen LogP) is 6.06. The van der Waals surface area contributed by atoms with Crippen LogP contribution in [0.5, 0.6) is 0 Å². The van der Waals surface area contributed by atoms with Gasteiger partial charge in [-0.3, -0.25) is 4.79 Å². The molecular formula is C22H44O4. The smallest absolute Gasteiger partial charge is 0.305 e. The van der Waals surface area contributed by atoms with Gasteiger partial charge in [-0.2, -0.15) is 0 Å². The van der Waals surface area contributed by atoms with Gasteiger partial charge in [0.25, 0.3) is 0 Å². The van der Waals surface area contributed by atoms with E-state index in [1.165, 1.54) is 64.2 Å². The fourth-order valence-electron chi connectivity index (χ4n) is 2.77. The Kier molecular flexibility index (Phi) is 21.9. The third-order valence-electron chi connectivity index (χ3n) is 4.44. The van der Waals surface area contributed by atoms with Crippen molar-refractivity contribution in [3.63, 3.8) is 0 Å². The zero-order chi connectivity index (χ0) is 19.1. The van der Waals surface area contributed by atoms with Crippen LogP contribution in [0.1, 0.15) is 104 Å². The number of rotatable bonds is 21. The lowest BCUT2D eigenvalue weighted by Gasteiger charge is -2.07. The van der Waals surface area contributed by atoms with Crippen LogP contribution in [0, 0.1) is 0 Å². The second kappa shape index (κ2) is 22.4. The molecule has 0 saturated carbocycles. The van der Waals surface area contributed by atoms with Gasteiger partial charge in [0, 0.05) is 19.6 Å². The average molecular weight is 373 g/mol. The van der Waals surface area contributed by atoms with Crippen LogP contribution < -0.4 is 0 Å². The Morgan fingerprint density at radius 2 is 1.00 bits per heavy atom. The van der Waals surface area contributed by atoms with Crippen molar-refractivity contribution in [3.05, 3.63) is 0 Å². The highest BCUT2D eigenvalue weighted by Crippen LogP contribution is 2.08. The van der Waals surface area contributed by atoms with Crippen LogP contribution in [0.15, 0.2) is 0 Å². The molecule has 0 heterocycles. The SMILES string of the molecule is CCCCCCCCCCOC(=O)CCCOCCOCCCCCC. The number of ether oxygens (including phenoxy) is 3. The number of carbonyl (C=O) groups is 1. The highest BCUT2D eigenvalue weighted by atomic mass is 16.5. The molecule has 4 heteroatoms. The Morgan fingerprint density at radius 1 is 0.538 bits per heavy atom. The Bertz CT molecular complexity index is 281. The van der Waals surface area contributed by atoms with Crippen LogP contribution in [0.3, 0.4) is 0 Å². The van der Waals surface area contributed by atoms with Crippen LogP contribution in [0.25, 0.3) is 0 Å². The quantitative estimate of drug-likeness (QED) is 0.181. The van der Waals surface area contributed by atoms with E-state index >= 15 is 0 Å². The summed E-state index contributed by atoms with van der Waals surface area (Å²) in [4.78, 5) is 11.6. The average Bonchev–Trinajstić information content (AvgIpc) is 2.64. The first-order valence-corrected chi connectivity index (χ1v) is 11.1. The molecule has 0 aliphatic rings. The van der Waals surface area contributed by atoms with E-state index in [4.69, 9.17) is 14.2 Å². The highest BCUT2D eigenvalue weighted by molar-refractivity contribution is 5.69. The molecule has 0 atom stereocenters. The summed E-state index contributed by atoms with van der Waals surface area (Å²) in [6.45, 7) is 7.71. The summed E-state index contributed by atoms with van der Waals surface area (Å²) < 4.78 is 16.2. The highest BCUT2D eigenvalue weighted by Gasteiger charge is 2.02. The Morgan fingerprint density at radius 3 is 1.62 bits per heavy atom. The molecule has 0 amide bonds. The maximum atomic E-state index is 11.6. The summed E-state index contributed by atoms with van der Waals surface area (Å²) in [6, 6.07) is 0. The Labute approximate surface area is 162 Å². The molecule has 0 aromatic rings. The van der Waals surface area contributed by atoms with Gasteiger partial charge in [0.2, 0.25) is 0 Å². The largest absolute Gasteiger partial charge is 0.466 e. The summed E-state index contributed by atoms with van der Waals surface area (Å²) in [5.41, 5.74) is 0. The summed E-state index contributed by atoms with van der Waals surface area (Å²) in [7, 11) is 0. The fourth-order valence-corrected chi connectivity index (χ4v) is 2.77. The molecule has 4 nitrogen and oxygen atoms in total.